The number of sulfonamides is 1. The Morgan fingerprint density at radius 1 is 0.944 bits per heavy atom. The lowest BCUT2D eigenvalue weighted by Gasteiger charge is -2.18. The Bertz CT molecular complexity index is 1620. The van der Waals surface area contributed by atoms with E-state index in [9.17, 15) is 26.4 Å². The lowest BCUT2D eigenvalue weighted by atomic mass is 9.96. The molecule has 0 spiro atoms. The third kappa shape index (κ3) is 4.98. The van der Waals surface area contributed by atoms with Gasteiger partial charge in [-0.1, -0.05) is 12.1 Å². The molecule has 0 amide bonds. The molecule has 2 aromatic heterocycles. The minimum Gasteiger partial charge on any atom is -0.495 e. The van der Waals surface area contributed by atoms with Gasteiger partial charge < -0.3 is 9.47 Å². The Labute approximate surface area is 203 Å². The van der Waals surface area contributed by atoms with Crippen LogP contribution in [0.5, 0.6) is 11.6 Å². The number of alkyl halides is 3. The summed E-state index contributed by atoms with van der Waals surface area (Å²) in [5.74, 6) is -0.280. The summed E-state index contributed by atoms with van der Waals surface area (Å²) >= 11 is 0. The first-order chi connectivity index (χ1) is 16.9. The highest BCUT2D eigenvalue weighted by atomic mass is 32.2. The number of hydrogen-bond donors (Lipinski definition) is 2. The zero-order valence-electron chi connectivity index (χ0n) is 19.2. The van der Waals surface area contributed by atoms with Crippen molar-refractivity contribution in [2.75, 3.05) is 25.2 Å². The third-order valence-corrected chi connectivity index (χ3v) is 5.95. The van der Waals surface area contributed by atoms with Crippen LogP contribution < -0.4 is 19.8 Å². The van der Waals surface area contributed by atoms with Gasteiger partial charge in [0.2, 0.25) is 10.0 Å². The summed E-state index contributed by atoms with van der Waals surface area (Å²) in [4.78, 5) is 19.5. The predicted molar refractivity (Wildman–Crippen MR) is 130 cm³/mol. The van der Waals surface area contributed by atoms with Crippen LogP contribution in [0.15, 0.2) is 59.5 Å². The fraction of sp³-hybridized carbons (Fsp3) is 0.167. The van der Waals surface area contributed by atoms with Crippen molar-refractivity contribution in [3.63, 3.8) is 0 Å². The minimum atomic E-state index is -4.78. The van der Waals surface area contributed by atoms with E-state index in [1.54, 1.807) is 12.1 Å². The molecular weight excluding hydrogens is 499 g/mol. The molecule has 188 valence electrons. The number of nitrogens with one attached hydrogen (secondary N) is 2. The number of fused-ring (bicyclic) bond motifs is 1. The van der Waals surface area contributed by atoms with E-state index in [2.05, 4.69) is 14.7 Å². The van der Waals surface area contributed by atoms with Gasteiger partial charge in [0, 0.05) is 34.0 Å². The molecule has 2 aromatic carbocycles. The summed E-state index contributed by atoms with van der Waals surface area (Å²) in [5, 5.41) is 0.0494. The van der Waals surface area contributed by atoms with Gasteiger partial charge in [-0.2, -0.15) is 13.2 Å². The second kappa shape index (κ2) is 9.19. The van der Waals surface area contributed by atoms with Crippen LogP contribution in [0.3, 0.4) is 0 Å². The Hall–Kier alpha value is -4.06. The Morgan fingerprint density at radius 2 is 1.64 bits per heavy atom. The number of rotatable bonds is 6. The maximum atomic E-state index is 14.0. The second-order valence-corrected chi connectivity index (χ2v) is 9.59. The molecule has 0 radical (unpaired) electrons. The number of methoxy groups -OCH3 is 2. The van der Waals surface area contributed by atoms with Crippen molar-refractivity contribution in [3.05, 3.63) is 70.6 Å². The number of nitrogens with zero attached hydrogens (tertiary/aromatic N) is 1. The number of anilines is 1. The predicted octanol–water partition coefficient (Wildman–Crippen LogP) is 4.66. The van der Waals surface area contributed by atoms with Crippen LogP contribution in [0, 0.1) is 0 Å². The second-order valence-electron chi connectivity index (χ2n) is 7.84. The smallest absolute Gasteiger partial charge is 0.420 e. The molecule has 4 rings (SSSR count). The molecule has 4 aromatic rings. The maximum absolute atomic E-state index is 14.0. The van der Waals surface area contributed by atoms with Crippen molar-refractivity contribution in [2.45, 2.75) is 6.18 Å². The molecule has 12 heteroatoms. The lowest BCUT2D eigenvalue weighted by molar-refractivity contribution is -0.138. The van der Waals surface area contributed by atoms with E-state index in [4.69, 9.17) is 9.47 Å². The highest BCUT2D eigenvalue weighted by Crippen LogP contribution is 2.44. The quantitative estimate of drug-likeness (QED) is 0.383. The van der Waals surface area contributed by atoms with Gasteiger partial charge in [0.1, 0.15) is 5.75 Å². The van der Waals surface area contributed by atoms with Gasteiger partial charge in [0.25, 0.3) is 5.56 Å². The molecule has 8 nitrogen and oxygen atoms in total. The Kier molecular flexibility index (Phi) is 6.39. The van der Waals surface area contributed by atoms with E-state index < -0.39 is 33.1 Å². The topological polar surface area (TPSA) is 110 Å². The van der Waals surface area contributed by atoms with Crippen molar-refractivity contribution >= 4 is 26.6 Å². The number of aromatic amines is 1. The molecule has 0 aliphatic rings. The fourth-order valence-electron chi connectivity index (χ4n) is 3.80. The van der Waals surface area contributed by atoms with Gasteiger partial charge >= 0.3 is 6.18 Å². The number of pyridine rings is 2. The van der Waals surface area contributed by atoms with Gasteiger partial charge in [0.05, 0.1) is 31.6 Å². The molecular formula is C24H20F3N3O5S. The van der Waals surface area contributed by atoms with Crippen molar-refractivity contribution in [1.82, 2.24) is 9.97 Å². The first kappa shape index (κ1) is 25.0. The molecule has 0 bridgehead atoms. The number of ether oxygens (including phenoxy) is 2. The van der Waals surface area contributed by atoms with Gasteiger partial charge in [-0.25, -0.2) is 8.42 Å². The van der Waals surface area contributed by atoms with E-state index >= 15 is 0 Å². The molecule has 0 aliphatic carbocycles. The number of hydrogen-bond acceptors (Lipinski definition) is 6. The van der Waals surface area contributed by atoms with Crippen LogP contribution in [0.2, 0.25) is 0 Å². The SMILES string of the molecule is COc1ccc(-c2cc(C(F)(F)F)c(OC)c3cc(-c4ccc(NS(C)(=O)=O)cc4)cnc23)c(=O)[nH]1. The summed E-state index contributed by atoms with van der Waals surface area (Å²) in [6.07, 6.45) is -2.30. The van der Waals surface area contributed by atoms with E-state index in [0.29, 0.717) is 16.8 Å². The van der Waals surface area contributed by atoms with E-state index in [0.717, 1.165) is 19.4 Å². The maximum Gasteiger partial charge on any atom is 0.420 e. The number of H-pyrrole nitrogens is 1. The normalized spacial score (nSPS) is 11.9. The fourth-order valence-corrected chi connectivity index (χ4v) is 4.37. The molecule has 0 fully saturated rings. The van der Waals surface area contributed by atoms with Crippen LogP contribution in [0.25, 0.3) is 33.2 Å². The van der Waals surface area contributed by atoms with Crippen molar-refractivity contribution < 1.29 is 31.1 Å². The monoisotopic (exact) mass is 519 g/mol. The van der Waals surface area contributed by atoms with Crippen LogP contribution in [-0.2, 0) is 16.2 Å². The van der Waals surface area contributed by atoms with E-state index in [1.165, 1.54) is 43.6 Å². The summed E-state index contributed by atoms with van der Waals surface area (Å²) in [6, 6.07) is 11.4. The number of halogens is 3. The van der Waals surface area contributed by atoms with Gasteiger partial charge in [-0.15, -0.1) is 0 Å². The average Bonchev–Trinajstić information content (AvgIpc) is 2.81. The largest absolute Gasteiger partial charge is 0.495 e. The summed E-state index contributed by atoms with van der Waals surface area (Å²) in [5.41, 5.74) is -0.259. The third-order valence-electron chi connectivity index (χ3n) is 5.34. The van der Waals surface area contributed by atoms with Gasteiger partial charge in [-0.3, -0.25) is 19.5 Å². The van der Waals surface area contributed by atoms with Gasteiger partial charge in [0.15, 0.2) is 5.88 Å². The van der Waals surface area contributed by atoms with Crippen molar-refractivity contribution in [3.8, 4) is 33.9 Å². The molecule has 2 heterocycles. The van der Waals surface area contributed by atoms with Crippen LogP contribution in [-0.4, -0.2) is 38.9 Å². The van der Waals surface area contributed by atoms with Crippen molar-refractivity contribution in [1.29, 1.82) is 0 Å². The molecule has 0 atom stereocenters. The Morgan fingerprint density at radius 3 is 2.19 bits per heavy atom. The van der Waals surface area contributed by atoms with Crippen LogP contribution in [0.1, 0.15) is 5.56 Å². The lowest BCUT2D eigenvalue weighted by Crippen LogP contribution is -2.13. The van der Waals surface area contributed by atoms with E-state index in [1.807, 2.05) is 0 Å². The summed E-state index contributed by atoms with van der Waals surface area (Å²) < 4.78 is 77.4. The molecule has 0 aliphatic heterocycles. The first-order valence-corrected chi connectivity index (χ1v) is 12.2. The van der Waals surface area contributed by atoms with E-state index in [-0.39, 0.29) is 27.9 Å². The van der Waals surface area contributed by atoms with Gasteiger partial charge in [-0.05, 0) is 42.0 Å². The zero-order chi connectivity index (χ0) is 26.3. The molecule has 0 saturated carbocycles. The van der Waals surface area contributed by atoms with Crippen molar-refractivity contribution in [2.24, 2.45) is 0 Å². The number of aromatic nitrogens is 2. The molecule has 0 unspecified atom stereocenters. The summed E-state index contributed by atoms with van der Waals surface area (Å²) in [6.45, 7) is 0. The molecule has 2 N–H and O–H groups in total. The van der Waals surface area contributed by atoms with Crippen LogP contribution >= 0.6 is 0 Å². The summed E-state index contributed by atoms with van der Waals surface area (Å²) in [7, 11) is -0.995. The highest BCUT2D eigenvalue weighted by Gasteiger charge is 2.36. The zero-order valence-corrected chi connectivity index (χ0v) is 20.0. The Balaban J connectivity index is 1.95. The molecule has 0 saturated heterocycles. The first-order valence-electron chi connectivity index (χ1n) is 10.3. The highest BCUT2D eigenvalue weighted by molar-refractivity contribution is 7.92. The minimum absolute atomic E-state index is 0.0228. The van der Waals surface area contributed by atoms with Crippen LogP contribution in [0.4, 0.5) is 18.9 Å². The average molecular weight is 520 g/mol. The number of benzene rings is 2. The molecule has 36 heavy (non-hydrogen) atoms. The standard InChI is InChI=1S/C24H20F3N3O5S/c1-34-20-9-8-16(23(31)29-20)17-11-19(24(25,26)27)22(35-2)18-10-14(12-28-21(17)18)13-4-6-15(7-5-13)30-36(3,32)33/h4-12,30H,1-3H3,(H,29,31).